The van der Waals surface area contributed by atoms with Crippen LogP contribution >= 0.6 is 31.9 Å². The molecule has 6 heteroatoms. The second-order valence-corrected chi connectivity index (χ2v) is 8.03. The maximum atomic E-state index is 10.9. The molecule has 26 heavy (non-hydrogen) atoms. The van der Waals surface area contributed by atoms with E-state index < -0.39 is 5.97 Å². The van der Waals surface area contributed by atoms with E-state index in [0.29, 0.717) is 26.2 Å². The van der Waals surface area contributed by atoms with Crippen LogP contribution in [0.3, 0.4) is 0 Å². The van der Waals surface area contributed by atoms with E-state index in [4.69, 9.17) is 9.84 Å². The lowest BCUT2D eigenvalue weighted by Gasteiger charge is -2.12. The number of halogens is 2. The molecule has 0 saturated heterocycles. The molecule has 2 aromatic carbocycles. The first-order valence-electron chi connectivity index (χ1n) is 8.37. The number of H-pyrrole nitrogens is 1. The van der Waals surface area contributed by atoms with Gasteiger partial charge < -0.3 is 14.8 Å². The van der Waals surface area contributed by atoms with Gasteiger partial charge in [0.05, 0.1) is 15.4 Å². The molecule has 136 valence electrons. The third kappa shape index (κ3) is 3.96. The summed E-state index contributed by atoms with van der Waals surface area (Å²) in [6.45, 7) is 4.39. The first-order chi connectivity index (χ1) is 12.4. The third-order valence-electron chi connectivity index (χ3n) is 4.46. The molecule has 0 amide bonds. The smallest absolute Gasteiger partial charge is 0.307 e. The van der Waals surface area contributed by atoms with Gasteiger partial charge in [0.2, 0.25) is 0 Å². The van der Waals surface area contributed by atoms with Crippen LogP contribution in [0.25, 0.3) is 10.9 Å². The molecule has 0 spiro atoms. The van der Waals surface area contributed by atoms with Gasteiger partial charge in [0.1, 0.15) is 5.75 Å². The van der Waals surface area contributed by atoms with Crippen LogP contribution in [0, 0.1) is 0 Å². The van der Waals surface area contributed by atoms with Crippen molar-refractivity contribution in [3.05, 3.63) is 56.6 Å². The van der Waals surface area contributed by atoms with E-state index in [1.54, 1.807) is 12.1 Å². The molecule has 1 atom stereocenters. The van der Waals surface area contributed by atoms with Gasteiger partial charge in [-0.3, -0.25) is 4.79 Å². The molecule has 1 unspecified atom stereocenters. The van der Waals surface area contributed by atoms with Crippen molar-refractivity contribution in [2.24, 2.45) is 0 Å². The third-order valence-corrected chi connectivity index (χ3v) is 5.64. The monoisotopic (exact) mass is 479 g/mol. The number of benzene rings is 2. The summed E-state index contributed by atoms with van der Waals surface area (Å²) in [4.78, 5) is 14.2. The zero-order valence-corrected chi connectivity index (χ0v) is 17.6. The molecule has 0 aliphatic rings. The van der Waals surface area contributed by atoms with Gasteiger partial charge in [0, 0.05) is 17.1 Å². The second kappa shape index (κ2) is 7.84. The van der Waals surface area contributed by atoms with Crippen molar-refractivity contribution in [1.82, 2.24) is 4.98 Å². The van der Waals surface area contributed by atoms with Crippen LogP contribution in [0.5, 0.6) is 11.5 Å². The molecule has 3 aromatic rings. The number of hydrogen-bond acceptors (Lipinski definition) is 2. The maximum absolute atomic E-state index is 10.9. The van der Waals surface area contributed by atoms with Gasteiger partial charge in [-0.15, -0.1) is 0 Å². The Morgan fingerprint density at radius 1 is 1.23 bits per heavy atom. The largest absolute Gasteiger partial charge is 0.481 e. The van der Waals surface area contributed by atoms with E-state index in [1.165, 1.54) is 5.56 Å². The van der Waals surface area contributed by atoms with E-state index in [1.807, 2.05) is 18.2 Å². The number of carbonyl (C=O) groups is 1. The van der Waals surface area contributed by atoms with Crippen molar-refractivity contribution in [2.75, 3.05) is 0 Å². The van der Waals surface area contributed by atoms with Crippen molar-refractivity contribution in [3.8, 4) is 11.5 Å². The Kier molecular flexibility index (Phi) is 5.73. The van der Waals surface area contributed by atoms with Crippen molar-refractivity contribution in [2.45, 2.75) is 32.6 Å². The van der Waals surface area contributed by atoms with E-state index in [2.05, 4.69) is 56.9 Å². The maximum Gasteiger partial charge on any atom is 0.307 e. The number of carboxylic acid groups (broad SMARTS) is 1. The average Bonchev–Trinajstić information content (AvgIpc) is 3.00. The summed E-state index contributed by atoms with van der Waals surface area (Å²) < 4.78 is 7.51. The highest BCUT2D eigenvalue weighted by Gasteiger charge is 2.14. The van der Waals surface area contributed by atoms with Crippen LogP contribution in [0.15, 0.2) is 45.5 Å². The fourth-order valence-electron chi connectivity index (χ4n) is 2.92. The zero-order chi connectivity index (χ0) is 18.8. The molecule has 2 N–H and O–H groups in total. The van der Waals surface area contributed by atoms with Crippen LogP contribution < -0.4 is 4.74 Å². The minimum atomic E-state index is -0.868. The lowest BCUT2D eigenvalue weighted by molar-refractivity contribution is -0.136. The molecule has 0 fully saturated rings. The van der Waals surface area contributed by atoms with Crippen molar-refractivity contribution >= 4 is 48.7 Å². The van der Waals surface area contributed by atoms with Gasteiger partial charge in [-0.05, 0) is 85.7 Å². The molecule has 0 radical (unpaired) electrons. The first kappa shape index (κ1) is 19.0. The quantitative estimate of drug-likeness (QED) is 0.416. The van der Waals surface area contributed by atoms with E-state index >= 15 is 0 Å². The van der Waals surface area contributed by atoms with Gasteiger partial charge >= 0.3 is 5.97 Å². The van der Waals surface area contributed by atoms with Gasteiger partial charge in [-0.2, -0.15) is 0 Å². The lowest BCUT2D eigenvalue weighted by atomic mass is 9.98. The molecule has 4 nitrogen and oxygen atoms in total. The van der Waals surface area contributed by atoms with Crippen molar-refractivity contribution < 1.29 is 14.6 Å². The number of fused-ring (bicyclic) bond motifs is 1. The topological polar surface area (TPSA) is 62.3 Å². The summed E-state index contributed by atoms with van der Waals surface area (Å²) in [5.41, 5.74) is 3.06. The number of carboxylic acids is 1. The zero-order valence-electron chi connectivity index (χ0n) is 14.5. The lowest BCUT2D eigenvalue weighted by Crippen LogP contribution is -2.00. The van der Waals surface area contributed by atoms with Crippen LogP contribution in [0.2, 0.25) is 0 Å². The molecular formula is C20H19Br2NO3. The highest BCUT2D eigenvalue weighted by atomic mass is 79.9. The summed E-state index contributed by atoms with van der Waals surface area (Å²) in [5.74, 6) is 0.953. The summed E-state index contributed by atoms with van der Waals surface area (Å²) in [7, 11) is 0. The summed E-state index contributed by atoms with van der Waals surface area (Å²) in [6.07, 6.45) is 3.10. The van der Waals surface area contributed by atoms with Gasteiger partial charge in [-0.25, -0.2) is 0 Å². The minimum absolute atomic E-state index is 0.0367. The second-order valence-electron chi connectivity index (χ2n) is 6.32. The Hall–Kier alpha value is -1.79. The molecule has 1 aromatic heterocycles. The van der Waals surface area contributed by atoms with Gasteiger partial charge in [-0.1, -0.05) is 13.8 Å². The Bertz CT molecular complexity index is 942. The molecule has 0 saturated carbocycles. The van der Waals surface area contributed by atoms with Crippen LogP contribution in [-0.2, 0) is 11.2 Å². The number of aromatic nitrogens is 1. The Labute approximate surface area is 168 Å². The normalized spacial score (nSPS) is 12.3. The number of nitrogens with one attached hydrogen (secondary N) is 1. The number of aliphatic carboxylic acids is 1. The molecule has 0 aliphatic carbocycles. The Morgan fingerprint density at radius 3 is 2.54 bits per heavy atom. The number of aromatic amines is 1. The Morgan fingerprint density at radius 2 is 1.92 bits per heavy atom. The van der Waals surface area contributed by atoms with Crippen LogP contribution in [-0.4, -0.2) is 16.1 Å². The number of hydrogen-bond donors (Lipinski definition) is 2. The van der Waals surface area contributed by atoms with E-state index in [9.17, 15) is 4.79 Å². The first-order valence-corrected chi connectivity index (χ1v) is 9.96. The summed E-state index contributed by atoms with van der Waals surface area (Å²) >= 11 is 6.96. The summed E-state index contributed by atoms with van der Waals surface area (Å²) in [5, 5.41) is 10.1. The average molecular weight is 481 g/mol. The standard InChI is InChI=1S/C20H19Br2NO3/c1-3-11(2)15-10-23-18-5-4-13(9-14(15)18)26-20-16(21)6-12(7-17(20)22)8-19(24)25/h4-7,9-11,23H,3,8H2,1-2H3,(H,24,25). The molecule has 3 rings (SSSR count). The van der Waals surface area contributed by atoms with Crippen LogP contribution in [0.1, 0.15) is 37.3 Å². The van der Waals surface area contributed by atoms with E-state index in [-0.39, 0.29) is 6.42 Å². The fourth-order valence-corrected chi connectivity index (χ4v) is 4.36. The predicted molar refractivity (Wildman–Crippen MR) is 110 cm³/mol. The highest BCUT2D eigenvalue weighted by molar-refractivity contribution is 9.11. The summed E-state index contributed by atoms with van der Waals surface area (Å²) in [6, 6.07) is 9.51. The fraction of sp³-hybridized carbons (Fsp3) is 0.250. The molecule has 0 bridgehead atoms. The molecular weight excluding hydrogens is 462 g/mol. The predicted octanol–water partition coefficient (Wildman–Crippen LogP) is 6.63. The van der Waals surface area contributed by atoms with Gasteiger partial charge in [0.15, 0.2) is 5.75 Å². The number of ether oxygens (including phenoxy) is 1. The molecule has 0 aliphatic heterocycles. The van der Waals surface area contributed by atoms with Crippen molar-refractivity contribution in [1.29, 1.82) is 0 Å². The number of rotatable bonds is 6. The molecule has 1 heterocycles. The Balaban J connectivity index is 1.95. The van der Waals surface area contributed by atoms with Crippen molar-refractivity contribution in [3.63, 3.8) is 0 Å². The van der Waals surface area contributed by atoms with E-state index in [0.717, 1.165) is 23.1 Å². The van der Waals surface area contributed by atoms with Crippen LogP contribution in [0.4, 0.5) is 0 Å². The van der Waals surface area contributed by atoms with Gasteiger partial charge in [0.25, 0.3) is 0 Å². The minimum Gasteiger partial charge on any atom is -0.481 e. The highest BCUT2D eigenvalue weighted by Crippen LogP contribution is 2.39. The SMILES string of the molecule is CCC(C)c1c[nH]c2ccc(Oc3c(Br)cc(CC(=O)O)cc3Br)cc12.